The molecule has 0 aliphatic heterocycles. The van der Waals surface area contributed by atoms with Crippen molar-refractivity contribution in [3.05, 3.63) is 0 Å². The van der Waals surface area contributed by atoms with E-state index in [9.17, 15) is 9.59 Å². The molecule has 0 saturated carbocycles. The van der Waals surface area contributed by atoms with Crippen molar-refractivity contribution in [3.8, 4) is 0 Å². The Morgan fingerprint density at radius 3 is 2.16 bits per heavy atom. The second-order valence-electron chi connectivity index (χ2n) is 5.81. The zero-order chi connectivity index (χ0) is 15.1. The molecule has 0 rings (SSSR count). The van der Waals surface area contributed by atoms with Gasteiger partial charge in [0.05, 0.1) is 12.5 Å². The molecule has 112 valence electrons. The number of carboxylic acids is 1. The summed E-state index contributed by atoms with van der Waals surface area (Å²) in [6, 6.07) is -0.302. The van der Waals surface area contributed by atoms with E-state index in [1.54, 1.807) is 0 Å². The fourth-order valence-electron chi connectivity index (χ4n) is 1.25. The maximum atomic E-state index is 11.6. The van der Waals surface area contributed by atoms with Gasteiger partial charge in [-0.05, 0) is 11.3 Å². The van der Waals surface area contributed by atoms with Crippen molar-refractivity contribution in [1.82, 2.24) is 10.6 Å². The van der Waals surface area contributed by atoms with Gasteiger partial charge in [0.1, 0.15) is 0 Å². The summed E-state index contributed by atoms with van der Waals surface area (Å²) < 4.78 is 4.97. The molecule has 0 fully saturated rings. The van der Waals surface area contributed by atoms with Crippen LogP contribution < -0.4 is 10.6 Å². The van der Waals surface area contributed by atoms with Crippen molar-refractivity contribution in [2.24, 2.45) is 11.3 Å². The first-order valence-corrected chi connectivity index (χ1v) is 6.43. The number of hydrogen-bond acceptors (Lipinski definition) is 3. The van der Waals surface area contributed by atoms with Gasteiger partial charge in [-0.1, -0.05) is 27.7 Å². The number of carbonyl (C=O) groups is 2. The Morgan fingerprint density at radius 1 is 1.21 bits per heavy atom. The van der Waals surface area contributed by atoms with E-state index >= 15 is 0 Å². The van der Waals surface area contributed by atoms with Gasteiger partial charge in [0.15, 0.2) is 0 Å². The molecule has 0 aliphatic carbocycles. The number of amides is 2. The van der Waals surface area contributed by atoms with Gasteiger partial charge in [0.2, 0.25) is 0 Å². The third kappa shape index (κ3) is 8.42. The zero-order valence-corrected chi connectivity index (χ0v) is 12.4. The van der Waals surface area contributed by atoms with Crippen LogP contribution in [0.3, 0.4) is 0 Å². The van der Waals surface area contributed by atoms with Gasteiger partial charge in [0, 0.05) is 20.2 Å². The smallest absolute Gasteiger partial charge is 0.314 e. The second-order valence-corrected chi connectivity index (χ2v) is 5.81. The highest BCUT2D eigenvalue weighted by Crippen LogP contribution is 2.24. The molecule has 2 amide bonds. The van der Waals surface area contributed by atoms with E-state index in [-0.39, 0.29) is 24.4 Å². The average molecular weight is 274 g/mol. The van der Waals surface area contributed by atoms with Crippen molar-refractivity contribution < 1.29 is 19.4 Å². The van der Waals surface area contributed by atoms with Crippen molar-refractivity contribution in [2.75, 3.05) is 20.2 Å². The maximum Gasteiger partial charge on any atom is 0.314 e. The summed E-state index contributed by atoms with van der Waals surface area (Å²) in [5.41, 5.74) is 0.131. The van der Waals surface area contributed by atoms with Crippen molar-refractivity contribution in [3.63, 3.8) is 0 Å². The Morgan fingerprint density at radius 2 is 1.74 bits per heavy atom. The minimum Gasteiger partial charge on any atom is -0.481 e. The lowest BCUT2D eigenvalue weighted by atomic mass is 9.82. The quantitative estimate of drug-likeness (QED) is 0.656. The summed E-state index contributed by atoms with van der Waals surface area (Å²) in [6.45, 7) is 9.17. The van der Waals surface area contributed by atoms with Crippen LogP contribution in [0.5, 0.6) is 0 Å². The van der Waals surface area contributed by atoms with Crippen molar-refractivity contribution >= 4 is 12.0 Å². The normalized spacial score (nSPS) is 14.6. The zero-order valence-electron chi connectivity index (χ0n) is 12.4. The van der Waals surface area contributed by atoms with Gasteiger partial charge in [0.25, 0.3) is 0 Å². The molecule has 0 aromatic heterocycles. The highest BCUT2D eigenvalue weighted by Gasteiger charge is 2.20. The van der Waals surface area contributed by atoms with Gasteiger partial charge >= 0.3 is 12.0 Å². The highest BCUT2D eigenvalue weighted by atomic mass is 16.5. The molecule has 3 N–H and O–H groups in total. The lowest BCUT2D eigenvalue weighted by Gasteiger charge is -2.27. The fourth-order valence-corrected chi connectivity index (χ4v) is 1.25. The van der Waals surface area contributed by atoms with Gasteiger partial charge in [-0.2, -0.15) is 0 Å². The number of nitrogens with one attached hydrogen (secondary N) is 2. The molecule has 0 spiro atoms. The number of carbonyl (C=O) groups excluding carboxylic acids is 1. The Hall–Kier alpha value is -1.30. The molecule has 0 radical (unpaired) electrons. The van der Waals surface area contributed by atoms with Crippen LogP contribution in [0.1, 0.15) is 34.1 Å². The van der Waals surface area contributed by atoms with Gasteiger partial charge < -0.3 is 20.5 Å². The SMILES string of the molecule is COC(CNC(=O)NCC(C)C(C)(C)C)CC(=O)O. The standard InChI is InChI=1S/C13H26N2O4/c1-9(13(2,3)4)7-14-12(18)15-8-10(19-5)6-11(16)17/h9-10H,6-8H2,1-5H3,(H,16,17)(H2,14,15,18). The summed E-state index contributed by atoms with van der Waals surface area (Å²) in [5, 5.41) is 14.0. The first kappa shape index (κ1) is 17.7. The Balaban J connectivity index is 3.95. The topological polar surface area (TPSA) is 87.7 Å². The minimum atomic E-state index is -0.949. The van der Waals surface area contributed by atoms with Gasteiger partial charge in [-0.3, -0.25) is 4.79 Å². The van der Waals surface area contributed by atoms with Crippen LogP contribution in [0.4, 0.5) is 4.79 Å². The van der Waals surface area contributed by atoms with Crippen LogP contribution in [0.25, 0.3) is 0 Å². The van der Waals surface area contributed by atoms with E-state index in [1.807, 2.05) is 0 Å². The van der Waals surface area contributed by atoms with Crippen LogP contribution in [-0.4, -0.2) is 43.4 Å². The number of carboxylic acid groups (broad SMARTS) is 1. The van der Waals surface area contributed by atoms with Gasteiger partial charge in [-0.15, -0.1) is 0 Å². The number of hydrogen-bond donors (Lipinski definition) is 3. The van der Waals surface area contributed by atoms with E-state index in [1.165, 1.54) is 7.11 Å². The monoisotopic (exact) mass is 274 g/mol. The van der Waals surface area contributed by atoms with Crippen molar-refractivity contribution in [2.45, 2.75) is 40.2 Å². The molecule has 0 saturated heterocycles. The lowest BCUT2D eigenvalue weighted by Crippen LogP contribution is -2.43. The lowest BCUT2D eigenvalue weighted by molar-refractivity contribution is -0.139. The van der Waals surface area contributed by atoms with E-state index < -0.39 is 12.1 Å². The van der Waals surface area contributed by atoms with Crippen LogP contribution in [0, 0.1) is 11.3 Å². The molecular weight excluding hydrogens is 248 g/mol. The summed E-state index contributed by atoms with van der Waals surface area (Å²) in [6.07, 6.45) is -0.641. The van der Waals surface area contributed by atoms with Gasteiger partial charge in [-0.25, -0.2) is 4.79 Å². The number of aliphatic carboxylic acids is 1. The number of rotatable bonds is 7. The predicted molar refractivity (Wildman–Crippen MR) is 73.1 cm³/mol. The predicted octanol–water partition coefficient (Wildman–Crippen LogP) is 1.46. The molecule has 19 heavy (non-hydrogen) atoms. The summed E-state index contributed by atoms with van der Waals surface area (Å²) in [7, 11) is 1.43. The molecule has 0 aromatic rings. The number of methoxy groups -OCH3 is 1. The number of urea groups is 1. The van der Waals surface area contributed by atoms with Crippen LogP contribution >= 0.6 is 0 Å². The molecule has 0 aromatic carbocycles. The molecular formula is C13H26N2O4. The Labute approximate surface area is 114 Å². The van der Waals surface area contributed by atoms with E-state index in [2.05, 4.69) is 38.3 Å². The molecule has 2 atom stereocenters. The second kappa shape index (κ2) is 7.99. The molecule has 2 unspecified atom stereocenters. The average Bonchev–Trinajstić information content (AvgIpc) is 2.29. The largest absolute Gasteiger partial charge is 0.481 e. The van der Waals surface area contributed by atoms with Crippen LogP contribution in [0.15, 0.2) is 0 Å². The molecule has 0 aliphatic rings. The van der Waals surface area contributed by atoms with E-state index in [0.29, 0.717) is 12.5 Å². The molecule has 0 heterocycles. The summed E-state index contributed by atoms with van der Waals surface area (Å²) in [4.78, 5) is 22.1. The fraction of sp³-hybridized carbons (Fsp3) is 0.846. The molecule has 6 nitrogen and oxygen atoms in total. The number of ether oxygens (including phenoxy) is 1. The maximum absolute atomic E-state index is 11.6. The minimum absolute atomic E-state index is 0.130. The summed E-state index contributed by atoms with van der Waals surface area (Å²) >= 11 is 0. The first-order valence-electron chi connectivity index (χ1n) is 6.43. The Kier molecular flexibility index (Phi) is 7.44. The van der Waals surface area contributed by atoms with Crippen LogP contribution in [0.2, 0.25) is 0 Å². The van der Waals surface area contributed by atoms with E-state index in [0.717, 1.165) is 0 Å². The van der Waals surface area contributed by atoms with E-state index in [4.69, 9.17) is 9.84 Å². The van der Waals surface area contributed by atoms with Crippen LogP contribution in [-0.2, 0) is 9.53 Å². The first-order chi connectivity index (χ1) is 8.66. The Bertz CT molecular complexity index is 300. The third-order valence-corrected chi connectivity index (χ3v) is 3.27. The highest BCUT2D eigenvalue weighted by molar-refractivity contribution is 5.74. The third-order valence-electron chi connectivity index (χ3n) is 3.27. The molecule has 0 bridgehead atoms. The summed E-state index contributed by atoms with van der Waals surface area (Å²) in [5.74, 6) is -0.606. The van der Waals surface area contributed by atoms with Crippen molar-refractivity contribution in [1.29, 1.82) is 0 Å². The molecule has 6 heteroatoms.